The van der Waals surface area contributed by atoms with Crippen LogP contribution in [0.2, 0.25) is 0 Å². The van der Waals surface area contributed by atoms with E-state index in [1.807, 2.05) is 19.1 Å². The largest absolute Gasteiger partial charge is 0.304 e. The van der Waals surface area contributed by atoms with Gasteiger partial charge < -0.3 is 4.84 Å². The molecule has 0 aliphatic carbocycles. The molecule has 0 aromatic carbocycles. The Morgan fingerprint density at radius 1 is 1.64 bits per heavy atom. The first-order chi connectivity index (χ1) is 5.34. The normalized spacial score (nSPS) is 10.0. The molecule has 0 saturated carbocycles. The molecule has 0 bridgehead atoms. The minimum atomic E-state index is 0.526. The maximum Gasteiger partial charge on any atom is 0.0734 e. The van der Waals surface area contributed by atoms with Crippen LogP contribution in [-0.2, 0) is 11.3 Å². The average Bonchev–Trinajstić information content (AvgIpc) is 2.03. The Morgan fingerprint density at radius 3 is 3.09 bits per heavy atom. The Bertz CT molecular complexity index is 225. The molecular weight excluding hydrogens is 140 g/mol. The number of nitrogens with two attached hydrogens (primary N) is 1. The number of pyridine rings is 1. The molecule has 0 spiro atoms. The second kappa shape index (κ2) is 4.05. The first-order valence-electron chi connectivity index (χ1n) is 3.57. The number of rotatable bonds is 3. The third-order valence-electron chi connectivity index (χ3n) is 1.57. The second-order valence-corrected chi connectivity index (χ2v) is 2.39. The van der Waals surface area contributed by atoms with Crippen molar-refractivity contribution in [3.8, 4) is 0 Å². The van der Waals surface area contributed by atoms with E-state index in [0.29, 0.717) is 6.61 Å². The summed E-state index contributed by atoms with van der Waals surface area (Å²) < 4.78 is 0. The smallest absolute Gasteiger partial charge is 0.0734 e. The molecule has 1 aromatic heterocycles. The van der Waals surface area contributed by atoms with Crippen LogP contribution in [0.4, 0.5) is 0 Å². The first kappa shape index (κ1) is 8.17. The summed E-state index contributed by atoms with van der Waals surface area (Å²) in [5.41, 5.74) is 2.24. The van der Waals surface area contributed by atoms with Gasteiger partial charge in [0.2, 0.25) is 0 Å². The predicted octanol–water partition coefficient (Wildman–Crippen LogP) is 0.823. The van der Waals surface area contributed by atoms with Crippen molar-refractivity contribution in [2.45, 2.75) is 13.3 Å². The first-order valence-corrected chi connectivity index (χ1v) is 3.57. The SMILES string of the molecule is Cc1cccnc1CCON. The van der Waals surface area contributed by atoms with Gasteiger partial charge in [-0.2, -0.15) is 0 Å². The lowest BCUT2D eigenvalue weighted by atomic mass is 10.2. The number of aryl methyl sites for hydroxylation is 1. The Kier molecular flexibility index (Phi) is 3.01. The summed E-state index contributed by atoms with van der Waals surface area (Å²) in [7, 11) is 0. The lowest BCUT2D eigenvalue weighted by Crippen LogP contribution is -2.05. The fourth-order valence-corrected chi connectivity index (χ4v) is 0.936. The highest BCUT2D eigenvalue weighted by molar-refractivity contribution is 5.17. The fraction of sp³-hybridized carbons (Fsp3) is 0.375. The molecule has 0 aliphatic rings. The van der Waals surface area contributed by atoms with E-state index in [4.69, 9.17) is 5.90 Å². The molecular formula is C8H12N2O. The van der Waals surface area contributed by atoms with Crippen molar-refractivity contribution in [2.24, 2.45) is 5.90 Å². The third kappa shape index (κ3) is 2.29. The van der Waals surface area contributed by atoms with Gasteiger partial charge in [0.25, 0.3) is 0 Å². The molecule has 0 amide bonds. The number of nitrogens with zero attached hydrogens (tertiary/aromatic N) is 1. The minimum absolute atomic E-state index is 0.526. The van der Waals surface area contributed by atoms with Crippen LogP contribution in [0.3, 0.4) is 0 Å². The fourth-order valence-electron chi connectivity index (χ4n) is 0.936. The summed E-state index contributed by atoms with van der Waals surface area (Å²) in [6, 6.07) is 3.95. The highest BCUT2D eigenvalue weighted by Crippen LogP contribution is 2.02. The van der Waals surface area contributed by atoms with Crippen LogP contribution in [0.15, 0.2) is 18.3 Å². The number of hydrogen-bond acceptors (Lipinski definition) is 3. The van der Waals surface area contributed by atoms with Crippen molar-refractivity contribution in [3.63, 3.8) is 0 Å². The molecule has 11 heavy (non-hydrogen) atoms. The van der Waals surface area contributed by atoms with Crippen LogP contribution < -0.4 is 5.90 Å². The number of hydrogen-bond donors (Lipinski definition) is 1. The molecule has 3 heteroatoms. The van der Waals surface area contributed by atoms with E-state index in [-0.39, 0.29) is 0 Å². The van der Waals surface area contributed by atoms with Gasteiger partial charge in [-0.15, -0.1) is 0 Å². The lowest BCUT2D eigenvalue weighted by molar-refractivity contribution is 0.140. The van der Waals surface area contributed by atoms with E-state index in [0.717, 1.165) is 12.1 Å². The van der Waals surface area contributed by atoms with Crippen molar-refractivity contribution < 1.29 is 4.84 Å². The van der Waals surface area contributed by atoms with Gasteiger partial charge in [0.05, 0.1) is 6.61 Å². The Hall–Kier alpha value is -0.930. The number of aromatic nitrogens is 1. The molecule has 0 atom stereocenters. The molecule has 0 fully saturated rings. The zero-order valence-corrected chi connectivity index (χ0v) is 6.58. The highest BCUT2D eigenvalue weighted by Gasteiger charge is 1.96. The van der Waals surface area contributed by atoms with Crippen molar-refractivity contribution in [1.29, 1.82) is 0 Å². The zero-order valence-electron chi connectivity index (χ0n) is 6.58. The standard InChI is InChI=1S/C8H12N2O/c1-7-3-2-5-10-8(7)4-6-11-9/h2-3,5H,4,6,9H2,1H3. The molecule has 3 nitrogen and oxygen atoms in total. The lowest BCUT2D eigenvalue weighted by Gasteiger charge is -2.01. The van der Waals surface area contributed by atoms with E-state index >= 15 is 0 Å². The molecule has 1 heterocycles. The minimum Gasteiger partial charge on any atom is -0.304 e. The highest BCUT2D eigenvalue weighted by atomic mass is 16.6. The van der Waals surface area contributed by atoms with Gasteiger partial charge in [0.15, 0.2) is 0 Å². The van der Waals surface area contributed by atoms with E-state index in [2.05, 4.69) is 9.82 Å². The quantitative estimate of drug-likeness (QED) is 0.652. The van der Waals surface area contributed by atoms with E-state index < -0.39 is 0 Å². The van der Waals surface area contributed by atoms with Crippen molar-refractivity contribution in [2.75, 3.05) is 6.61 Å². The topological polar surface area (TPSA) is 48.1 Å². The third-order valence-corrected chi connectivity index (χ3v) is 1.57. The van der Waals surface area contributed by atoms with Gasteiger partial charge in [-0.1, -0.05) is 6.07 Å². The molecule has 1 aromatic rings. The second-order valence-electron chi connectivity index (χ2n) is 2.39. The van der Waals surface area contributed by atoms with Crippen LogP contribution in [0.5, 0.6) is 0 Å². The maximum absolute atomic E-state index is 4.90. The summed E-state index contributed by atoms with van der Waals surface area (Å²) in [4.78, 5) is 8.64. The Labute approximate surface area is 66.2 Å². The van der Waals surface area contributed by atoms with Crippen LogP contribution in [0.25, 0.3) is 0 Å². The molecule has 60 valence electrons. The Balaban J connectivity index is 2.62. The zero-order chi connectivity index (χ0) is 8.10. The van der Waals surface area contributed by atoms with Gasteiger partial charge in [-0.3, -0.25) is 4.98 Å². The van der Waals surface area contributed by atoms with Crippen LogP contribution in [0, 0.1) is 6.92 Å². The van der Waals surface area contributed by atoms with Crippen molar-refractivity contribution >= 4 is 0 Å². The average molecular weight is 152 g/mol. The van der Waals surface area contributed by atoms with E-state index in [1.54, 1.807) is 6.20 Å². The van der Waals surface area contributed by atoms with Crippen LogP contribution in [-0.4, -0.2) is 11.6 Å². The maximum atomic E-state index is 4.90. The van der Waals surface area contributed by atoms with E-state index in [1.165, 1.54) is 5.56 Å². The molecule has 2 N–H and O–H groups in total. The molecule has 1 rings (SSSR count). The summed E-state index contributed by atoms with van der Waals surface area (Å²) in [5, 5.41) is 0. The van der Waals surface area contributed by atoms with Crippen molar-refractivity contribution in [3.05, 3.63) is 29.6 Å². The van der Waals surface area contributed by atoms with Crippen LogP contribution in [0.1, 0.15) is 11.3 Å². The summed E-state index contributed by atoms with van der Waals surface area (Å²) >= 11 is 0. The molecule has 0 radical (unpaired) electrons. The summed E-state index contributed by atoms with van der Waals surface area (Å²) in [6.45, 7) is 2.55. The van der Waals surface area contributed by atoms with Gasteiger partial charge in [-0.05, 0) is 18.6 Å². The van der Waals surface area contributed by atoms with Gasteiger partial charge >= 0.3 is 0 Å². The summed E-state index contributed by atoms with van der Waals surface area (Å²) in [6.07, 6.45) is 2.56. The Morgan fingerprint density at radius 2 is 2.45 bits per heavy atom. The molecule has 0 unspecified atom stereocenters. The monoisotopic (exact) mass is 152 g/mol. The molecule has 0 saturated heterocycles. The van der Waals surface area contributed by atoms with Gasteiger partial charge in [-0.25, -0.2) is 5.90 Å². The van der Waals surface area contributed by atoms with E-state index in [9.17, 15) is 0 Å². The van der Waals surface area contributed by atoms with Crippen molar-refractivity contribution in [1.82, 2.24) is 4.98 Å². The van der Waals surface area contributed by atoms with Gasteiger partial charge in [0, 0.05) is 18.3 Å². The predicted molar refractivity (Wildman–Crippen MR) is 42.8 cm³/mol. The summed E-state index contributed by atoms with van der Waals surface area (Å²) in [5.74, 6) is 4.90. The van der Waals surface area contributed by atoms with Crippen LogP contribution >= 0.6 is 0 Å². The van der Waals surface area contributed by atoms with Gasteiger partial charge in [0.1, 0.15) is 0 Å². The molecule has 0 aliphatic heterocycles.